The van der Waals surface area contributed by atoms with Crippen LogP contribution in [-0.2, 0) is 11.2 Å². The van der Waals surface area contributed by atoms with E-state index < -0.39 is 0 Å². The molecule has 2 aliphatic heterocycles. The third-order valence-electron chi connectivity index (χ3n) is 5.24. The van der Waals surface area contributed by atoms with E-state index in [-0.39, 0.29) is 18.0 Å². The lowest BCUT2D eigenvalue weighted by molar-refractivity contribution is -0.123. The van der Waals surface area contributed by atoms with Crippen molar-refractivity contribution in [3.63, 3.8) is 0 Å². The van der Waals surface area contributed by atoms with Crippen LogP contribution in [0.4, 0.5) is 5.69 Å². The predicted octanol–water partition coefficient (Wildman–Crippen LogP) is 2.66. The van der Waals surface area contributed by atoms with Crippen molar-refractivity contribution in [2.24, 2.45) is 0 Å². The zero-order valence-electron chi connectivity index (χ0n) is 14.4. The van der Waals surface area contributed by atoms with Gasteiger partial charge >= 0.3 is 0 Å². The first-order chi connectivity index (χ1) is 12.3. The molecule has 1 fully saturated rings. The Labute approximate surface area is 149 Å². The lowest BCUT2D eigenvalue weighted by atomic mass is 10.0. The molecule has 4 heteroatoms. The molecule has 0 spiro atoms. The Morgan fingerprint density at radius 1 is 1.12 bits per heavy atom. The summed E-state index contributed by atoms with van der Waals surface area (Å²) < 4.78 is 0. The Hall–Kier alpha value is -2.33. The van der Waals surface area contributed by atoms with E-state index in [0.29, 0.717) is 0 Å². The van der Waals surface area contributed by atoms with Crippen LogP contribution in [0.2, 0.25) is 0 Å². The normalized spacial score (nSPS) is 20.8. The molecular weight excluding hydrogens is 310 g/mol. The molecule has 0 bridgehead atoms. The average molecular weight is 335 g/mol. The summed E-state index contributed by atoms with van der Waals surface area (Å²) in [4.78, 5) is 15.5. The van der Waals surface area contributed by atoms with Gasteiger partial charge in [0.25, 0.3) is 0 Å². The largest absolute Gasteiger partial charge is 0.355 e. The number of carbonyl (C=O) groups excluding carboxylic acids is 1. The first kappa shape index (κ1) is 16.2. The number of fused-ring (bicyclic) bond motifs is 1. The van der Waals surface area contributed by atoms with Gasteiger partial charge in [-0.05, 0) is 43.0 Å². The number of rotatable bonds is 4. The van der Waals surface area contributed by atoms with Crippen LogP contribution < -0.4 is 15.5 Å². The van der Waals surface area contributed by atoms with Gasteiger partial charge in [-0.3, -0.25) is 4.79 Å². The molecule has 2 aromatic rings. The molecule has 130 valence electrons. The molecule has 0 saturated carbocycles. The molecule has 0 radical (unpaired) electrons. The Morgan fingerprint density at radius 2 is 1.92 bits per heavy atom. The van der Waals surface area contributed by atoms with Crippen LogP contribution in [0.25, 0.3) is 0 Å². The molecule has 0 aromatic heterocycles. The monoisotopic (exact) mass is 335 g/mol. The van der Waals surface area contributed by atoms with Crippen LogP contribution in [0.15, 0.2) is 54.6 Å². The minimum Gasteiger partial charge on any atom is -0.355 e. The van der Waals surface area contributed by atoms with E-state index in [1.54, 1.807) is 0 Å². The molecular formula is C21H25N3O. The summed E-state index contributed by atoms with van der Waals surface area (Å²) in [7, 11) is 0. The van der Waals surface area contributed by atoms with Gasteiger partial charge in [0, 0.05) is 24.8 Å². The third-order valence-corrected chi connectivity index (χ3v) is 5.24. The summed E-state index contributed by atoms with van der Waals surface area (Å²) in [6.07, 6.45) is 3.17. The van der Waals surface area contributed by atoms with Gasteiger partial charge in [0.2, 0.25) is 5.91 Å². The molecule has 0 aliphatic carbocycles. The summed E-state index contributed by atoms with van der Waals surface area (Å²) in [5, 5.41) is 6.66. The number of nitrogens with one attached hydrogen (secondary N) is 2. The molecule has 4 nitrogen and oxygen atoms in total. The van der Waals surface area contributed by atoms with Gasteiger partial charge in [-0.25, -0.2) is 0 Å². The summed E-state index contributed by atoms with van der Waals surface area (Å²) in [6, 6.07) is 18.5. The first-order valence-electron chi connectivity index (χ1n) is 9.23. The number of para-hydroxylation sites is 1. The van der Waals surface area contributed by atoms with Crippen molar-refractivity contribution in [1.29, 1.82) is 0 Å². The molecule has 2 aromatic carbocycles. The molecule has 1 amide bonds. The third kappa shape index (κ3) is 3.40. The van der Waals surface area contributed by atoms with Crippen molar-refractivity contribution >= 4 is 11.6 Å². The highest BCUT2D eigenvalue weighted by Gasteiger charge is 2.33. The van der Waals surface area contributed by atoms with Crippen molar-refractivity contribution in [2.45, 2.75) is 31.3 Å². The van der Waals surface area contributed by atoms with Gasteiger partial charge in [-0.15, -0.1) is 0 Å². The minimum atomic E-state index is -0.272. The van der Waals surface area contributed by atoms with Crippen molar-refractivity contribution in [3.05, 3.63) is 65.7 Å². The summed E-state index contributed by atoms with van der Waals surface area (Å²) in [6.45, 7) is 2.80. The summed E-state index contributed by atoms with van der Waals surface area (Å²) in [5.74, 6) is 0.108. The number of amides is 1. The average Bonchev–Trinajstić information content (AvgIpc) is 3.08. The molecule has 1 unspecified atom stereocenters. The topological polar surface area (TPSA) is 44.4 Å². The Bertz CT molecular complexity index is 725. The maximum absolute atomic E-state index is 13.2. The lowest BCUT2D eigenvalue weighted by Gasteiger charge is -2.32. The molecule has 1 saturated heterocycles. The van der Waals surface area contributed by atoms with Crippen LogP contribution in [0.3, 0.4) is 0 Å². The fraction of sp³-hybridized carbons (Fsp3) is 0.381. The van der Waals surface area contributed by atoms with Gasteiger partial charge in [0.05, 0.1) is 0 Å². The fourth-order valence-corrected chi connectivity index (χ4v) is 4.00. The van der Waals surface area contributed by atoms with Crippen molar-refractivity contribution in [1.82, 2.24) is 10.6 Å². The van der Waals surface area contributed by atoms with Gasteiger partial charge in [-0.2, -0.15) is 0 Å². The molecule has 2 N–H and O–H groups in total. The highest BCUT2D eigenvalue weighted by molar-refractivity contribution is 5.87. The standard InChI is InChI=1S/C21H25N3O/c25-21(23-18-10-6-13-22-15-18)20(17-8-2-1-3-9-17)24-14-12-16-7-4-5-11-19(16)24/h1-5,7-9,11,18,20,22H,6,10,12-15H2,(H,23,25)/t18-,20?/m0/s1. The molecule has 2 aliphatic rings. The maximum Gasteiger partial charge on any atom is 0.247 e. The summed E-state index contributed by atoms with van der Waals surface area (Å²) in [5.41, 5.74) is 3.57. The van der Waals surface area contributed by atoms with E-state index in [4.69, 9.17) is 0 Å². The quantitative estimate of drug-likeness (QED) is 0.903. The Balaban J connectivity index is 1.62. The zero-order chi connectivity index (χ0) is 17.1. The number of nitrogens with zero attached hydrogens (tertiary/aromatic N) is 1. The first-order valence-corrected chi connectivity index (χ1v) is 9.23. The SMILES string of the molecule is O=C(N[C@H]1CCCNC1)C(c1ccccc1)N1CCc2ccccc21. The number of hydrogen-bond donors (Lipinski definition) is 2. The molecule has 25 heavy (non-hydrogen) atoms. The smallest absolute Gasteiger partial charge is 0.247 e. The van der Waals surface area contributed by atoms with Crippen LogP contribution in [0, 0.1) is 0 Å². The number of anilines is 1. The number of hydrogen-bond acceptors (Lipinski definition) is 3. The van der Waals surface area contributed by atoms with Gasteiger partial charge in [-0.1, -0.05) is 48.5 Å². The Morgan fingerprint density at radius 3 is 2.72 bits per heavy atom. The molecule has 2 atom stereocenters. The highest BCUT2D eigenvalue weighted by atomic mass is 16.2. The van der Waals surface area contributed by atoms with E-state index in [2.05, 4.69) is 51.9 Å². The van der Waals surface area contributed by atoms with Crippen LogP contribution >= 0.6 is 0 Å². The van der Waals surface area contributed by atoms with E-state index in [1.165, 1.54) is 11.3 Å². The fourth-order valence-electron chi connectivity index (χ4n) is 4.00. The van der Waals surface area contributed by atoms with Crippen LogP contribution in [-0.4, -0.2) is 31.6 Å². The zero-order valence-corrected chi connectivity index (χ0v) is 14.4. The summed E-state index contributed by atoms with van der Waals surface area (Å²) >= 11 is 0. The van der Waals surface area contributed by atoms with E-state index in [1.807, 2.05) is 18.2 Å². The minimum absolute atomic E-state index is 0.108. The van der Waals surface area contributed by atoms with E-state index in [0.717, 1.165) is 44.5 Å². The number of piperidine rings is 1. The van der Waals surface area contributed by atoms with Gasteiger partial charge in [0.15, 0.2) is 0 Å². The predicted molar refractivity (Wildman–Crippen MR) is 101 cm³/mol. The van der Waals surface area contributed by atoms with Crippen molar-refractivity contribution in [2.75, 3.05) is 24.5 Å². The number of carbonyl (C=O) groups is 1. The number of benzene rings is 2. The second kappa shape index (κ2) is 7.28. The Kier molecular flexibility index (Phi) is 4.70. The van der Waals surface area contributed by atoms with Crippen LogP contribution in [0.1, 0.15) is 30.0 Å². The molecule has 2 heterocycles. The van der Waals surface area contributed by atoms with Crippen molar-refractivity contribution < 1.29 is 4.79 Å². The molecule has 4 rings (SSSR count). The maximum atomic E-state index is 13.2. The van der Waals surface area contributed by atoms with Gasteiger partial charge < -0.3 is 15.5 Å². The lowest BCUT2D eigenvalue weighted by Crippen LogP contribution is -2.49. The highest BCUT2D eigenvalue weighted by Crippen LogP contribution is 2.35. The second-order valence-electron chi connectivity index (χ2n) is 6.94. The van der Waals surface area contributed by atoms with E-state index in [9.17, 15) is 4.79 Å². The van der Waals surface area contributed by atoms with Gasteiger partial charge in [0.1, 0.15) is 6.04 Å². The second-order valence-corrected chi connectivity index (χ2v) is 6.94. The van der Waals surface area contributed by atoms with E-state index >= 15 is 0 Å². The van der Waals surface area contributed by atoms with Crippen LogP contribution in [0.5, 0.6) is 0 Å². The van der Waals surface area contributed by atoms with Crippen molar-refractivity contribution in [3.8, 4) is 0 Å².